The third kappa shape index (κ3) is 2.54. The maximum Gasteiger partial charge on any atom is 0.248 e. The minimum absolute atomic E-state index is 0.360. The lowest BCUT2D eigenvalue weighted by Gasteiger charge is -2.06. The summed E-state index contributed by atoms with van der Waals surface area (Å²) in [6.07, 6.45) is 3.34. The molecule has 0 fully saturated rings. The molecule has 3 rings (SSSR count). The van der Waals surface area contributed by atoms with E-state index in [1.807, 2.05) is 24.3 Å². The Hall–Kier alpha value is -2.24. The Labute approximate surface area is 120 Å². The van der Waals surface area contributed by atoms with Gasteiger partial charge in [0.25, 0.3) is 0 Å². The molecule has 0 saturated carbocycles. The second-order valence-corrected chi connectivity index (χ2v) is 4.66. The Kier molecular flexibility index (Phi) is 3.45. The predicted molar refractivity (Wildman–Crippen MR) is 75.0 cm³/mol. The summed E-state index contributed by atoms with van der Waals surface area (Å²) in [5.74, 6) is 0.853. The molecular formula is C14H11ClN4O. The smallest absolute Gasteiger partial charge is 0.248 e. The van der Waals surface area contributed by atoms with Crippen molar-refractivity contribution in [2.24, 2.45) is 5.73 Å². The lowest BCUT2D eigenvalue weighted by atomic mass is 10.1. The summed E-state index contributed by atoms with van der Waals surface area (Å²) in [5.41, 5.74) is 7.80. The van der Waals surface area contributed by atoms with Crippen LogP contribution in [0, 0.1) is 0 Å². The monoisotopic (exact) mass is 286 g/mol. The average molecular weight is 287 g/mol. The lowest BCUT2D eigenvalue weighted by molar-refractivity contribution is 0.367. The number of hydrogen-bond donors (Lipinski definition) is 1. The van der Waals surface area contributed by atoms with E-state index in [-0.39, 0.29) is 0 Å². The van der Waals surface area contributed by atoms with Gasteiger partial charge in [-0.05, 0) is 29.8 Å². The molecular weight excluding hydrogens is 276 g/mol. The minimum atomic E-state index is -0.477. The fourth-order valence-corrected chi connectivity index (χ4v) is 1.92. The van der Waals surface area contributed by atoms with Crippen LogP contribution in [0.1, 0.15) is 17.5 Å². The molecule has 1 aromatic carbocycles. The summed E-state index contributed by atoms with van der Waals surface area (Å²) in [5, 5.41) is 4.59. The van der Waals surface area contributed by atoms with E-state index in [1.54, 1.807) is 24.5 Å². The molecule has 0 saturated heterocycles. The van der Waals surface area contributed by atoms with Crippen LogP contribution in [-0.2, 0) is 0 Å². The number of nitrogens with zero attached hydrogens (tertiary/aromatic N) is 3. The molecule has 2 heterocycles. The van der Waals surface area contributed by atoms with Gasteiger partial charge < -0.3 is 10.3 Å². The highest BCUT2D eigenvalue weighted by molar-refractivity contribution is 6.30. The quantitative estimate of drug-likeness (QED) is 0.801. The van der Waals surface area contributed by atoms with Crippen molar-refractivity contribution in [3.63, 3.8) is 0 Å². The fraction of sp³-hybridized carbons (Fsp3) is 0.0714. The molecule has 6 heteroatoms. The normalized spacial score (nSPS) is 12.3. The van der Waals surface area contributed by atoms with Crippen LogP contribution in [0.4, 0.5) is 0 Å². The molecule has 0 aliphatic heterocycles. The topological polar surface area (TPSA) is 77.8 Å². The Bertz CT molecular complexity index is 697. The Morgan fingerprint density at radius 3 is 2.45 bits per heavy atom. The van der Waals surface area contributed by atoms with Crippen LogP contribution < -0.4 is 5.73 Å². The summed E-state index contributed by atoms with van der Waals surface area (Å²) in [4.78, 5) is 8.26. The standard InChI is InChI=1S/C14H11ClN4O/c15-11-3-1-9(2-4-11)12(16)14-18-13(19-20-14)10-5-7-17-8-6-10/h1-8,12H,16H2. The number of aromatic nitrogens is 3. The van der Waals surface area contributed by atoms with Crippen molar-refractivity contribution in [2.75, 3.05) is 0 Å². The molecule has 0 spiro atoms. The molecule has 2 N–H and O–H groups in total. The van der Waals surface area contributed by atoms with E-state index in [4.69, 9.17) is 21.9 Å². The van der Waals surface area contributed by atoms with Gasteiger partial charge in [-0.1, -0.05) is 28.9 Å². The van der Waals surface area contributed by atoms with Crippen LogP contribution in [0.25, 0.3) is 11.4 Å². The minimum Gasteiger partial charge on any atom is -0.337 e. The van der Waals surface area contributed by atoms with Gasteiger partial charge in [0.2, 0.25) is 11.7 Å². The van der Waals surface area contributed by atoms with Crippen LogP contribution >= 0.6 is 11.6 Å². The summed E-state index contributed by atoms with van der Waals surface area (Å²) in [6, 6.07) is 10.4. The SMILES string of the molecule is NC(c1ccc(Cl)cc1)c1nc(-c2ccncc2)no1. The first-order valence-corrected chi connectivity index (χ1v) is 6.37. The predicted octanol–water partition coefficient (Wildman–Crippen LogP) is 2.83. The van der Waals surface area contributed by atoms with Crippen molar-refractivity contribution < 1.29 is 4.52 Å². The van der Waals surface area contributed by atoms with Gasteiger partial charge in [-0.2, -0.15) is 4.98 Å². The molecule has 1 unspecified atom stereocenters. The zero-order valence-electron chi connectivity index (χ0n) is 10.4. The van der Waals surface area contributed by atoms with Crippen LogP contribution in [0.3, 0.4) is 0 Å². The van der Waals surface area contributed by atoms with Crippen molar-refractivity contribution in [2.45, 2.75) is 6.04 Å². The first-order valence-electron chi connectivity index (χ1n) is 5.99. The molecule has 0 aliphatic rings. The van der Waals surface area contributed by atoms with Crippen LogP contribution in [0.5, 0.6) is 0 Å². The van der Waals surface area contributed by atoms with Crippen molar-refractivity contribution in [1.82, 2.24) is 15.1 Å². The molecule has 100 valence electrons. The molecule has 0 radical (unpaired) electrons. The van der Waals surface area contributed by atoms with Gasteiger partial charge in [0.1, 0.15) is 6.04 Å². The van der Waals surface area contributed by atoms with Gasteiger partial charge in [-0.15, -0.1) is 0 Å². The zero-order valence-corrected chi connectivity index (χ0v) is 11.2. The van der Waals surface area contributed by atoms with Gasteiger partial charge in [-0.25, -0.2) is 0 Å². The molecule has 2 aromatic heterocycles. The molecule has 0 aliphatic carbocycles. The number of benzene rings is 1. The van der Waals surface area contributed by atoms with Gasteiger partial charge in [0.05, 0.1) is 0 Å². The third-order valence-electron chi connectivity index (χ3n) is 2.88. The molecule has 3 aromatic rings. The Morgan fingerprint density at radius 2 is 1.75 bits per heavy atom. The maximum absolute atomic E-state index is 6.11. The number of rotatable bonds is 3. The third-order valence-corrected chi connectivity index (χ3v) is 3.13. The fourth-order valence-electron chi connectivity index (χ4n) is 1.79. The number of nitrogens with two attached hydrogens (primary N) is 1. The summed E-state index contributed by atoms with van der Waals surface area (Å²) in [7, 11) is 0. The molecule has 20 heavy (non-hydrogen) atoms. The van der Waals surface area contributed by atoms with Crippen molar-refractivity contribution in [3.8, 4) is 11.4 Å². The van der Waals surface area contributed by atoms with E-state index in [1.165, 1.54) is 0 Å². The van der Waals surface area contributed by atoms with Crippen molar-refractivity contribution in [3.05, 3.63) is 65.3 Å². The van der Waals surface area contributed by atoms with Crippen molar-refractivity contribution in [1.29, 1.82) is 0 Å². The van der Waals surface area contributed by atoms with Gasteiger partial charge >= 0.3 is 0 Å². The van der Waals surface area contributed by atoms with Crippen LogP contribution in [-0.4, -0.2) is 15.1 Å². The molecule has 1 atom stereocenters. The van der Waals surface area contributed by atoms with E-state index in [0.717, 1.165) is 11.1 Å². The van der Waals surface area contributed by atoms with Crippen LogP contribution in [0.15, 0.2) is 53.3 Å². The highest BCUT2D eigenvalue weighted by Crippen LogP contribution is 2.22. The summed E-state index contributed by atoms with van der Waals surface area (Å²) < 4.78 is 5.23. The maximum atomic E-state index is 6.11. The van der Waals surface area contributed by atoms with Crippen molar-refractivity contribution >= 4 is 11.6 Å². The number of halogens is 1. The molecule has 5 nitrogen and oxygen atoms in total. The number of pyridine rings is 1. The largest absolute Gasteiger partial charge is 0.337 e. The Morgan fingerprint density at radius 1 is 1.05 bits per heavy atom. The van der Waals surface area contributed by atoms with Gasteiger partial charge in [0, 0.05) is 23.0 Å². The first-order chi connectivity index (χ1) is 9.74. The van der Waals surface area contributed by atoms with Crippen LogP contribution in [0.2, 0.25) is 5.02 Å². The van der Waals surface area contributed by atoms with E-state index < -0.39 is 6.04 Å². The van der Waals surface area contributed by atoms with E-state index in [2.05, 4.69) is 15.1 Å². The summed E-state index contributed by atoms with van der Waals surface area (Å²) in [6.45, 7) is 0. The van der Waals surface area contributed by atoms with E-state index >= 15 is 0 Å². The second-order valence-electron chi connectivity index (χ2n) is 4.22. The van der Waals surface area contributed by atoms with E-state index in [0.29, 0.717) is 16.7 Å². The summed E-state index contributed by atoms with van der Waals surface area (Å²) >= 11 is 5.85. The number of hydrogen-bond acceptors (Lipinski definition) is 5. The zero-order chi connectivity index (χ0) is 13.9. The second kappa shape index (κ2) is 5.40. The lowest BCUT2D eigenvalue weighted by Crippen LogP contribution is -2.12. The molecule has 0 amide bonds. The van der Waals surface area contributed by atoms with Gasteiger partial charge in [-0.3, -0.25) is 4.98 Å². The highest BCUT2D eigenvalue weighted by Gasteiger charge is 2.17. The van der Waals surface area contributed by atoms with Gasteiger partial charge in [0.15, 0.2) is 0 Å². The Balaban J connectivity index is 1.88. The van der Waals surface area contributed by atoms with E-state index in [9.17, 15) is 0 Å². The first kappa shape index (κ1) is 12.8. The average Bonchev–Trinajstić information content (AvgIpc) is 2.98. The molecule has 0 bridgehead atoms. The highest BCUT2D eigenvalue weighted by atomic mass is 35.5.